The van der Waals surface area contributed by atoms with Crippen LogP contribution >= 0.6 is 11.3 Å². The summed E-state index contributed by atoms with van der Waals surface area (Å²) >= 11 is 1.56. The normalized spacial score (nSPS) is 11.0. The van der Waals surface area contributed by atoms with E-state index in [9.17, 15) is 9.18 Å². The Morgan fingerprint density at radius 2 is 1.90 bits per heavy atom. The summed E-state index contributed by atoms with van der Waals surface area (Å²) in [5, 5.41) is 2.08. The molecule has 7 heteroatoms. The highest BCUT2D eigenvalue weighted by atomic mass is 32.1. The number of nitrogens with zero attached hydrogens (tertiary/aromatic N) is 3. The van der Waals surface area contributed by atoms with Crippen LogP contribution < -0.4 is 4.74 Å². The van der Waals surface area contributed by atoms with Crippen molar-refractivity contribution in [3.8, 4) is 17.0 Å². The molecule has 1 amide bonds. The topological polar surface area (TPSA) is 46.8 Å². The zero-order chi connectivity index (χ0) is 21.6. The average Bonchev–Trinajstić information content (AvgIpc) is 3.37. The van der Waals surface area contributed by atoms with Crippen molar-refractivity contribution in [1.82, 2.24) is 14.3 Å². The second kappa shape index (κ2) is 9.75. The third kappa shape index (κ3) is 5.11. The number of rotatable bonds is 9. The van der Waals surface area contributed by atoms with Gasteiger partial charge in [-0.1, -0.05) is 25.1 Å². The van der Waals surface area contributed by atoms with Crippen molar-refractivity contribution in [3.05, 3.63) is 77.7 Å². The first-order valence-electron chi connectivity index (χ1n) is 10.3. The van der Waals surface area contributed by atoms with Gasteiger partial charge >= 0.3 is 0 Å². The van der Waals surface area contributed by atoms with Crippen LogP contribution in [0.2, 0.25) is 0 Å². The van der Waals surface area contributed by atoms with Crippen LogP contribution in [0.4, 0.5) is 4.39 Å². The SMILES string of the molecule is CCCN(CCc1csc2nc(-c3ccc(F)cc3)cn12)C(=O)COc1ccccc1. The Balaban J connectivity index is 1.42. The third-order valence-electron chi connectivity index (χ3n) is 5.01. The Hall–Kier alpha value is -3.19. The number of ether oxygens (including phenoxy) is 1. The molecule has 0 unspecified atom stereocenters. The minimum absolute atomic E-state index is 0.0187. The molecule has 0 saturated heterocycles. The van der Waals surface area contributed by atoms with Gasteiger partial charge in [-0.3, -0.25) is 9.20 Å². The Bertz CT molecular complexity index is 1140. The fourth-order valence-corrected chi connectivity index (χ4v) is 4.31. The minimum Gasteiger partial charge on any atom is -0.484 e. The van der Waals surface area contributed by atoms with Gasteiger partial charge in [0.05, 0.1) is 5.69 Å². The number of hydrogen-bond donors (Lipinski definition) is 0. The van der Waals surface area contributed by atoms with E-state index in [1.54, 1.807) is 23.5 Å². The van der Waals surface area contributed by atoms with Gasteiger partial charge in [0.1, 0.15) is 11.6 Å². The molecule has 0 fully saturated rings. The Kier molecular flexibility index (Phi) is 6.62. The molecule has 0 N–H and O–H groups in total. The fourth-order valence-electron chi connectivity index (χ4n) is 3.40. The number of benzene rings is 2. The van der Waals surface area contributed by atoms with E-state index >= 15 is 0 Å². The Morgan fingerprint density at radius 1 is 1.13 bits per heavy atom. The van der Waals surface area contributed by atoms with E-state index in [-0.39, 0.29) is 18.3 Å². The van der Waals surface area contributed by atoms with Crippen molar-refractivity contribution in [1.29, 1.82) is 0 Å². The van der Waals surface area contributed by atoms with Gasteiger partial charge in [-0.25, -0.2) is 9.37 Å². The van der Waals surface area contributed by atoms with Crippen molar-refractivity contribution in [2.45, 2.75) is 19.8 Å². The molecule has 2 heterocycles. The lowest BCUT2D eigenvalue weighted by Crippen LogP contribution is -2.37. The van der Waals surface area contributed by atoms with E-state index in [0.29, 0.717) is 18.8 Å². The molecule has 2 aromatic heterocycles. The minimum atomic E-state index is -0.262. The lowest BCUT2D eigenvalue weighted by molar-refractivity contribution is -0.133. The van der Waals surface area contributed by atoms with Crippen LogP contribution in [0.1, 0.15) is 19.0 Å². The highest BCUT2D eigenvalue weighted by Gasteiger charge is 2.16. The second-order valence-corrected chi connectivity index (χ2v) is 8.08. The van der Waals surface area contributed by atoms with Gasteiger partial charge in [-0.05, 0) is 42.8 Å². The number of hydrogen-bond acceptors (Lipinski definition) is 4. The summed E-state index contributed by atoms with van der Waals surface area (Å²) in [6.07, 6.45) is 3.57. The molecule has 0 aliphatic rings. The summed E-state index contributed by atoms with van der Waals surface area (Å²) in [7, 11) is 0. The van der Waals surface area contributed by atoms with Crippen molar-refractivity contribution in [2.75, 3.05) is 19.7 Å². The van der Waals surface area contributed by atoms with E-state index < -0.39 is 0 Å². The summed E-state index contributed by atoms with van der Waals surface area (Å²) in [5.74, 6) is 0.413. The molecule has 0 atom stereocenters. The zero-order valence-electron chi connectivity index (χ0n) is 17.3. The maximum absolute atomic E-state index is 13.2. The highest BCUT2D eigenvalue weighted by molar-refractivity contribution is 7.15. The maximum atomic E-state index is 13.2. The monoisotopic (exact) mass is 437 g/mol. The molecular formula is C24H24FN3O2S. The molecule has 2 aromatic carbocycles. The molecule has 31 heavy (non-hydrogen) atoms. The summed E-state index contributed by atoms with van der Waals surface area (Å²) in [4.78, 5) is 20.1. The summed E-state index contributed by atoms with van der Waals surface area (Å²) < 4.78 is 20.9. The van der Waals surface area contributed by atoms with Crippen LogP contribution in [0.25, 0.3) is 16.2 Å². The van der Waals surface area contributed by atoms with Gasteiger partial charge in [0.2, 0.25) is 0 Å². The number of thiazole rings is 1. The molecule has 0 bridgehead atoms. The van der Waals surface area contributed by atoms with Crippen LogP contribution in [-0.4, -0.2) is 39.9 Å². The van der Waals surface area contributed by atoms with E-state index in [2.05, 4.69) is 21.7 Å². The van der Waals surface area contributed by atoms with E-state index in [1.165, 1.54) is 12.1 Å². The number of carbonyl (C=O) groups is 1. The van der Waals surface area contributed by atoms with Crippen molar-refractivity contribution < 1.29 is 13.9 Å². The second-order valence-electron chi connectivity index (χ2n) is 7.25. The molecular weight excluding hydrogens is 413 g/mol. The predicted molar refractivity (Wildman–Crippen MR) is 121 cm³/mol. The standard InChI is InChI=1S/C24H24FN3O2S/c1-2-13-27(23(29)16-30-21-6-4-3-5-7-21)14-12-20-17-31-24-26-22(15-28(20)24)18-8-10-19(25)11-9-18/h3-11,15,17H,2,12-14,16H2,1H3. The van der Waals surface area contributed by atoms with Crippen molar-refractivity contribution >= 4 is 22.2 Å². The lowest BCUT2D eigenvalue weighted by Gasteiger charge is -2.22. The molecule has 4 aromatic rings. The van der Waals surface area contributed by atoms with Crippen LogP contribution in [0.15, 0.2) is 66.2 Å². The predicted octanol–water partition coefficient (Wildman–Crippen LogP) is 5.06. The molecule has 160 valence electrons. The van der Waals surface area contributed by atoms with Crippen LogP contribution in [-0.2, 0) is 11.2 Å². The van der Waals surface area contributed by atoms with Crippen LogP contribution in [0.3, 0.4) is 0 Å². The van der Waals surface area contributed by atoms with Gasteiger partial charge in [-0.2, -0.15) is 0 Å². The highest BCUT2D eigenvalue weighted by Crippen LogP contribution is 2.24. The van der Waals surface area contributed by atoms with Crippen LogP contribution in [0, 0.1) is 5.82 Å². The summed E-state index contributed by atoms with van der Waals surface area (Å²) in [6, 6.07) is 15.7. The summed E-state index contributed by atoms with van der Waals surface area (Å²) in [6.45, 7) is 3.39. The first-order valence-corrected chi connectivity index (χ1v) is 11.2. The molecule has 5 nitrogen and oxygen atoms in total. The van der Waals surface area contributed by atoms with Gasteiger partial charge in [-0.15, -0.1) is 11.3 Å². The summed E-state index contributed by atoms with van der Waals surface area (Å²) in [5.41, 5.74) is 2.79. The smallest absolute Gasteiger partial charge is 0.260 e. The van der Waals surface area contributed by atoms with E-state index in [0.717, 1.165) is 34.8 Å². The first-order chi connectivity index (χ1) is 15.1. The number of fused-ring (bicyclic) bond motifs is 1. The molecule has 0 saturated carbocycles. The van der Waals surface area contributed by atoms with E-state index in [4.69, 9.17) is 4.74 Å². The molecule has 4 rings (SSSR count). The number of amides is 1. The molecule has 0 aliphatic carbocycles. The van der Waals surface area contributed by atoms with Gasteiger partial charge in [0.15, 0.2) is 11.6 Å². The number of imidazole rings is 1. The largest absolute Gasteiger partial charge is 0.484 e. The number of aromatic nitrogens is 2. The van der Waals surface area contributed by atoms with Gasteiger partial charge in [0.25, 0.3) is 5.91 Å². The molecule has 0 aliphatic heterocycles. The Labute approximate surface area is 184 Å². The van der Waals surface area contributed by atoms with Crippen molar-refractivity contribution in [3.63, 3.8) is 0 Å². The average molecular weight is 438 g/mol. The van der Waals surface area contributed by atoms with Gasteiger partial charge < -0.3 is 9.64 Å². The van der Waals surface area contributed by atoms with Gasteiger partial charge in [0, 0.05) is 42.3 Å². The first kappa shape index (κ1) is 21.1. The number of carbonyl (C=O) groups excluding carboxylic acids is 1. The quantitative estimate of drug-likeness (QED) is 0.368. The zero-order valence-corrected chi connectivity index (χ0v) is 18.1. The van der Waals surface area contributed by atoms with Crippen molar-refractivity contribution in [2.24, 2.45) is 0 Å². The number of para-hydroxylation sites is 1. The molecule has 0 radical (unpaired) electrons. The lowest BCUT2D eigenvalue weighted by atomic mass is 10.2. The molecule has 0 spiro atoms. The maximum Gasteiger partial charge on any atom is 0.260 e. The van der Waals surface area contributed by atoms with E-state index in [1.807, 2.05) is 41.4 Å². The fraction of sp³-hybridized carbons (Fsp3) is 0.250. The third-order valence-corrected chi connectivity index (χ3v) is 5.90. The van der Waals surface area contributed by atoms with Crippen LogP contribution in [0.5, 0.6) is 5.75 Å². The number of halogens is 1. The Morgan fingerprint density at radius 3 is 2.65 bits per heavy atom.